The van der Waals surface area contributed by atoms with Gasteiger partial charge in [-0.2, -0.15) is 0 Å². The van der Waals surface area contributed by atoms with Gasteiger partial charge in [-0.15, -0.1) is 0 Å². The van der Waals surface area contributed by atoms with Gasteiger partial charge in [0.2, 0.25) is 0 Å². The van der Waals surface area contributed by atoms with E-state index in [1.807, 2.05) is 0 Å². The van der Waals surface area contributed by atoms with Gasteiger partial charge in [0.1, 0.15) is 6.04 Å². The molecule has 1 unspecified atom stereocenters. The molecule has 150 valence electrons. The van der Waals surface area contributed by atoms with Crippen LogP contribution in [0.15, 0.2) is 12.1 Å². The van der Waals surface area contributed by atoms with E-state index in [4.69, 9.17) is 19.4 Å². The molecule has 2 amide bonds. The van der Waals surface area contributed by atoms with Crippen LogP contribution in [-0.4, -0.2) is 61.9 Å². The number of aryl methyl sites for hydroxylation is 1. The topological polar surface area (TPSA) is 97.3 Å². The third kappa shape index (κ3) is 4.90. The fraction of sp³-hybridized carbons (Fsp3) is 0.579. The molecule has 1 heterocycles. The predicted octanol–water partition coefficient (Wildman–Crippen LogP) is 1.78. The van der Waals surface area contributed by atoms with E-state index in [1.165, 1.54) is 12.0 Å². The number of benzene rings is 1. The molecule has 8 heteroatoms. The zero-order valence-electron chi connectivity index (χ0n) is 16.1. The van der Waals surface area contributed by atoms with Gasteiger partial charge in [-0.1, -0.05) is 6.92 Å². The number of nitrogens with one attached hydrogen (secondary N) is 1. The summed E-state index contributed by atoms with van der Waals surface area (Å²) in [5.41, 5.74) is 2.88. The summed E-state index contributed by atoms with van der Waals surface area (Å²) >= 11 is 0. The number of likely N-dealkylation sites (tertiary alicyclic amines) is 1. The molecule has 1 fully saturated rings. The number of carbonyl (C=O) groups excluding carboxylic acids is 2. The van der Waals surface area contributed by atoms with Crippen LogP contribution >= 0.6 is 0 Å². The average molecular weight is 380 g/mol. The lowest BCUT2D eigenvalue weighted by Gasteiger charge is -2.39. The van der Waals surface area contributed by atoms with Crippen molar-refractivity contribution in [1.82, 2.24) is 10.4 Å². The molecular weight excluding hydrogens is 352 g/mol. The third-order valence-corrected chi connectivity index (χ3v) is 4.58. The van der Waals surface area contributed by atoms with Crippen molar-refractivity contribution in [2.24, 2.45) is 0 Å². The maximum absolute atomic E-state index is 12.8. The lowest BCUT2D eigenvalue weighted by Crippen LogP contribution is -2.57. The first-order chi connectivity index (χ1) is 13.1. The Morgan fingerprint density at radius 3 is 2.59 bits per heavy atom. The molecule has 0 radical (unpaired) electrons. The molecule has 2 N–H and O–H groups in total. The Balaban J connectivity index is 2.19. The van der Waals surface area contributed by atoms with Gasteiger partial charge in [0.15, 0.2) is 11.5 Å². The normalized spacial score (nSPS) is 15.9. The Morgan fingerprint density at radius 1 is 1.26 bits per heavy atom. The van der Waals surface area contributed by atoms with Gasteiger partial charge in [0, 0.05) is 25.3 Å². The van der Waals surface area contributed by atoms with Gasteiger partial charge in [-0.25, -0.2) is 5.48 Å². The smallest absolute Gasteiger partial charge is 0.266 e. The van der Waals surface area contributed by atoms with Crippen molar-refractivity contribution in [2.75, 3.05) is 34.0 Å². The largest absolute Gasteiger partial charge is 0.493 e. The zero-order chi connectivity index (χ0) is 19.8. The van der Waals surface area contributed by atoms with Gasteiger partial charge in [-0.05, 0) is 43.4 Å². The summed E-state index contributed by atoms with van der Waals surface area (Å²) in [6.45, 7) is 3.87. The van der Waals surface area contributed by atoms with Crippen molar-refractivity contribution < 1.29 is 29.0 Å². The molecule has 1 aliphatic heterocycles. The molecule has 1 aromatic carbocycles. The highest BCUT2D eigenvalue weighted by Gasteiger charge is 2.38. The molecule has 1 aliphatic rings. The van der Waals surface area contributed by atoms with Crippen LogP contribution in [-0.2, 0) is 16.0 Å². The highest BCUT2D eigenvalue weighted by atomic mass is 16.5. The molecule has 27 heavy (non-hydrogen) atoms. The molecule has 8 nitrogen and oxygen atoms in total. The Kier molecular flexibility index (Phi) is 7.87. The van der Waals surface area contributed by atoms with Crippen molar-refractivity contribution >= 4 is 11.8 Å². The van der Waals surface area contributed by atoms with Crippen LogP contribution in [0.1, 0.15) is 42.1 Å². The fourth-order valence-corrected chi connectivity index (χ4v) is 3.11. The second kappa shape index (κ2) is 10.1. The Morgan fingerprint density at radius 2 is 2.04 bits per heavy atom. The fourth-order valence-electron chi connectivity index (χ4n) is 3.11. The van der Waals surface area contributed by atoms with E-state index in [0.717, 1.165) is 25.0 Å². The van der Waals surface area contributed by atoms with E-state index in [1.54, 1.807) is 24.7 Å². The van der Waals surface area contributed by atoms with Crippen molar-refractivity contribution in [3.8, 4) is 11.5 Å². The third-order valence-electron chi connectivity index (χ3n) is 4.58. The molecule has 0 aliphatic carbocycles. The number of methoxy groups -OCH3 is 2. The maximum Gasteiger partial charge on any atom is 0.266 e. The number of amides is 2. The number of hydrogen-bond acceptors (Lipinski definition) is 6. The minimum atomic E-state index is -0.651. The maximum atomic E-state index is 12.8. The van der Waals surface area contributed by atoms with E-state index >= 15 is 0 Å². The Hall–Kier alpha value is -2.32. The Bertz CT molecular complexity index is 664. The molecule has 1 aromatic rings. The van der Waals surface area contributed by atoms with Crippen molar-refractivity contribution in [3.05, 3.63) is 23.3 Å². The SMILES string of the molecule is CCCOCCCc1cc(C(=O)N2CCC2C(=O)NO)cc(OC)c1OC. The van der Waals surface area contributed by atoms with Crippen molar-refractivity contribution in [3.63, 3.8) is 0 Å². The van der Waals surface area contributed by atoms with Gasteiger partial charge >= 0.3 is 0 Å². The first kappa shape index (κ1) is 21.0. The minimum absolute atomic E-state index is 0.278. The van der Waals surface area contributed by atoms with Crippen LogP contribution in [0.2, 0.25) is 0 Å². The van der Waals surface area contributed by atoms with E-state index < -0.39 is 11.9 Å². The summed E-state index contributed by atoms with van der Waals surface area (Å²) < 4.78 is 16.4. The summed E-state index contributed by atoms with van der Waals surface area (Å²) in [7, 11) is 3.08. The lowest BCUT2D eigenvalue weighted by molar-refractivity contribution is -0.137. The van der Waals surface area contributed by atoms with Crippen LogP contribution in [0.25, 0.3) is 0 Å². The van der Waals surface area contributed by atoms with Crippen LogP contribution in [0, 0.1) is 0 Å². The summed E-state index contributed by atoms with van der Waals surface area (Å²) in [5.74, 6) is 0.206. The number of hydroxylamine groups is 1. The lowest BCUT2D eigenvalue weighted by atomic mass is 9.98. The molecular formula is C19H28N2O6. The first-order valence-electron chi connectivity index (χ1n) is 9.14. The molecule has 0 bridgehead atoms. The molecule has 1 saturated heterocycles. The van der Waals surface area contributed by atoms with E-state index in [-0.39, 0.29) is 5.91 Å². The van der Waals surface area contributed by atoms with Crippen LogP contribution in [0.4, 0.5) is 0 Å². The zero-order valence-corrected chi connectivity index (χ0v) is 16.1. The molecule has 0 spiro atoms. The number of nitrogens with zero attached hydrogens (tertiary/aromatic N) is 1. The molecule has 1 atom stereocenters. The van der Waals surface area contributed by atoms with E-state index in [2.05, 4.69) is 6.92 Å². The summed E-state index contributed by atoms with van der Waals surface area (Å²) in [6, 6.07) is 2.74. The highest BCUT2D eigenvalue weighted by Crippen LogP contribution is 2.34. The summed E-state index contributed by atoms with van der Waals surface area (Å²) in [4.78, 5) is 25.9. The van der Waals surface area contributed by atoms with Crippen LogP contribution in [0.5, 0.6) is 11.5 Å². The number of carbonyl (C=O) groups is 2. The highest BCUT2D eigenvalue weighted by molar-refractivity contribution is 5.99. The molecule has 2 rings (SSSR count). The summed E-state index contributed by atoms with van der Waals surface area (Å²) in [6.07, 6.45) is 2.95. The molecule has 0 aromatic heterocycles. The van der Waals surface area contributed by atoms with Gasteiger partial charge in [-0.3, -0.25) is 14.8 Å². The van der Waals surface area contributed by atoms with E-state index in [9.17, 15) is 9.59 Å². The predicted molar refractivity (Wildman–Crippen MR) is 98.3 cm³/mol. The molecule has 0 saturated carbocycles. The summed E-state index contributed by atoms with van der Waals surface area (Å²) in [5, 5.41) is 8.81. The standard InChI is InChI=1S/C19H28N2O6/c1-4-9-27-10-5-6-13-11-14(12-16(25-2)17(13)26-3)19(23)21-8-7-15(21)18(22)20-24/h11-12,15,24H,4-10H2,1-3H3,(H,20,22). The minimum Gasteiger partial charge on any atom is -0.493 e. The van der Waals surface area contributed by atoms with Gasteiger partial charge < -0.3 is 19.1 Å². The number of hydrogen-bond donors (Lipinski definition) is 2. The average Bonchev–Trinajstić information content (AvgIpc) is 2.65. The Labute approximate surface area is 159 Å². The second-order valence-electron chi connectivity index (χ2n) is 6.37. The number of rotatable bonds is 10. The first-order valence-corrected chi connectivity index (χ1v) is 9.14. The van der Waals surface area contributed by atoms with Crippen LogP contribution in [0.3, 0.4) is 0 Å². The van der Waals surface area contributed by atoms with E-state index in [0.29, 0.717) is 43.1 Å². The monoisotopic (exact) mass is 380 g/mol. The van der Waals surface area contributed by atoms with Crippen LogP contribution < -0.4 is 15.0 Å². The van der Waals surface area contributed by atoms with Gasteiger partial charge in [0.05, 0.1) is 14.2 Å². The van der Waals surface area contributed by atoms with Crippen molar-refractivity contribution in [1.29, 1.82) is 0 Å². The van der Waals surface area contributed by atoms with Crippen molar-refractivity contribution in [2.45, 2.75) is 38.6 Å². The number of ether oxygens (including phenoxy) is 3. The second-order valence-corrected chi connectivity index (χ2v) is 6.37. The van der Waals surface area contributed by atoms with Gasteiger partial charge in [0.25, 0.3) is 11.8 Å². The quantitative estimate of drug-likeness (QED) is 0.365.